The summed E-state index contributed by atoms with van der Waals surface area (Å²) in [5.74, 6) is 1.73. The van der Waals surface area contributed by atoms with E-state index in [0.717, 1.165) is 22.5 Å². The molecule has 3 heteroatoms. The number of rotatable bonds is 2. The molecule has 1 aromatic rings. The highest BCUT2D eigenvalue weighted by molar-refractivity contribution is 9.10. The molecule has 1 N–H and O–H groups in total. The van der Waals surface area contributed by atoms with Gasteiger partial charge in [0.05, 0.1) is 0 Å². The Morgan fingerprint density at radius 3 is 2.55 bits per heavy atom. The average Bonchev–Trinajstić information content (AvgIpc) is 2.10. The van der Waals surface area contributed by atoms with Gasteiger partial charge in [-0.15, -0.1) is 0 Å². The fourth-order valence-corrected chi connectivity index (χ4v) is 1.29. The van der Waals surface area contributed by atoms with Crippen molar-refractivity contribution in [3.8, 4) is 0 Å². The van der Waals surface area contributed by atoms with Gasteiger partial charge in [-0.3, -0.25) is 0 Å². The van der Waals surface area contributed by atoms with Gasteiger partial charge < -0.3 is 4.98 Å². The lowest BCUT2D eigenvalue weighted by molar-refractivity contribution is 0.625. The third-order valence-corrected chi connectivity index (χ3v) is 2.25. The third kappa shape index (κ3) is 2.33. The first kappa shape index (κ1) is 8.78. The van der Waals surface area contributed by atoms with E-state index < -0.39 is 0 Å². The zero-order valence-electron chi connectivity index (χ0n) is 7.11. The quantitative estimate of drug-likeness (QED) is 0.810. The molecule has 0 atom stereocenters. The summed E-state index contributed by atoms with van der Waals surface area (Å²) in [4.78, 5) is 7.53. The standard InChI is InChI=1S/C8H13BrN2/c1-5(2)4-7-10-6(3)8(9)11-7/h5H,4H2,1-3H3,(H,10,11). The molecule has 0 spiro atoms. The van der Waals surface area contributed by atoms with Crippen LogP contribution in [0.3, 0.4) is 0 Å². The number of hydrogen-bond donors (Lipinski definition) is 1. The van der Waals surface area contributed by atoms with Gasteiger partial charge in [0.25, 0.3) is 0 Å². The van der Waals surface area contributed by atoms with Crippen LogP contribution in [0.15, 0.2) is 4.60 Å². The minimum atomic E-state index is 0.660. The van der Waals surface area contributed by atoms with Gasteiger partial charge in [-0.25, -0.2) is 4.98 Å². The minimum Gasteiger partial charge on any atom is -0.345 e. The SMILES string of the molecule is Cc1[nH]c(CC(C)C)nc1Br. The van der Waals surface area contributed by atoms with Gasteiger partial charge in [0.2, 0.25) is 0 Å². The van der Waals surface area contributed by atoms with Crippen molar-refractivity contribution in [1.29, 1.82) is 0 Å². The summed E-state index contributed by atoms with van der Waals surface area (Å²) in [6, 6.07) is 0. The molecule has 0 bridgehead atoms. The fraction of sp³-hybridized carbons (Fsp3) is 0.625. The van der Waals surface area contributed by atoms with Gasteiger partial charge >= 0.3 is 0 Å². The van der Waals surface area contributed by atoms with Crippen molar-refractivity contribution < 1.29 is 0 Å². The number of aromatic nitrogens is 2. The maximum Gasteiger partial charge on any atom is 0.127 e. The fourth-order valence-electron chi connectivity index (χ4n) is 0.982. The van der Waals surface area contributed by atoms with E-state index in [1.165, 1.54) is 0 Å². The molecule has 0 unspecified atom stereocenters. The molecule has 0 aliphatic rings. The first-order valence-electron chi connectivity index (χ1n) is 3.80. The summed E-state index contributed by atoms with van der Waals surface area (Å²) in [6.07, 6.45) is 1.02. The molecule has 0 fully saturated rings. The average molecular weight is 217 g/mol. The maximum absolute atomic E-state index is 4.31. The highest BCUT2D eigenvalue weighted by Gasteiger charge is 2.04. The lowest BCUT2D eigenvalue weighted by atomic mass is 10.1. The maximum atomic E-state index is 4.31. The van der Waals surface area contributed by atoms with Gasteiger partial charge in [-0.05, 0) is 28.8 Å². The lowest BCUT2D eigenvalue weighted by Crippen LogP contribution is -1.95. The molecule has 1 heterocycles. The Morgan fingerprint density at radius 1 is 1.55 bits per heavy atom. The van der Waals surface area contributed by atoms with Gasteiger partial charge in [0.1, 0.15) is 10.4 Å². The molecule has 0 saturated carbocycles. The molecule has 1 rings (SSSR count). The Labute approximate surface area is 75.6 Å². The van der Waals surface area contributed by atoms with Crippen LogP contribution in [-0.2, 0) is 6.42 Å². The molecular formula is C8H13BrN2. The Kier molecular flexibility index (Phi) is 2.71. The number of H-pyrrole nitrogens is 1. The summed E-state index contributed by atoms with van der Waals surface area (Å²) < 4.78 is 0.938. The third-order valence-electron chi connectivity index (χ3n) is 1.48. The Bertz CT molecular complexity index is 221. The van der Waals surface area contributed by atoms with Crippen molar-refractivity contribution in [2.45, 2.75) is 27.2 Å². The van der Waals surface area contributed by atoms with E-state index in [2.05, 4.69) is 39.7 Å². The van der Waals surface area contributed by atoms with Crippen LogP contribution in [0.5, 0.6) is 0 Å². The van der Waals surface area contributed by atoms with Crippen LogP contribution in [-0.4, -0.2) is 9.97 Å². The summed E-state index contributed by atoms with van der Waals surface area (Å²) in [7, 11) is 0. The summed E-state index contributed by atoms with van der Waals surface area (Å²) in [5, 5.41) is 0. The van der Waals surface area contributed by atoms with Crippen LogP contribution in [0.4, 0.5) is 0 Å². The van der Waals surface area contributed by atoms with Crippen LogP contribution in [0.2, 0.25) is 0 Å². The second-order valence-electron chi connectivity index (χ2n) is 3.20. The first-order valence-corrected chi connectivity index (χ1v) is 4.60. The van der Waals surface area contributed by atoms with Crippen molar-refractivity contribution in [3.05, 3.63) is 16.1 Å². The van der Waals surface area contributed by atoms with Crippen LogP contribution >= 0.6 is 15.9 Å². The number of nitrogens with one attached hydrogen (secondary N) is 1. The van der Waals surface area contributed by atoms with Gasteiger partial charge in [0, 0.05) is 12.1 Å². The summed E-state index contributed by atoms with van der Waals surface area (Å²) in [5.41, 5.74) is 1.11. The predicted molar refractivity (Wildman–Crippen MR) is 49.6 cm³/mol. The monoisotopic (exact) mass is 216 g/mol. The first-order chi connectivity index (χ1) is 5.09. The van der Waals surface area contributed by atoms with Gasteiger partial charge in [-0.2, -0.15) is 0 Å². The molecule has 0 amide bonds. The molecule has 0 aliphatic carbocycles. The van der Waals surface area contributed by atoms with E-state index in [4.69, 9.17) is 0 Å². The van der Waals surface area contributed by atoms with E-state index >= 15 is 0 Å². The number of imidazole rings is 1. The molecule has 1 aromatic heterocycles. The predicted octanol–water partition coefficient (Wildman–Crippen LogP) is 2.68. The minimum absolute atomic E-state index is 0.660. The van der Waals surface area contributed by atoms with Crippen molar-refractivity contribution >= 4 is 15.9 Å². The molecule has 2 nitrogen and oxygen atoms in total. The molecule has 0 saturated heterocycles. The lowest BCUT2D eigenvalue weighted by Gasteiger charge is -1.98. The number of aryl methyl sites for hydroxylation is 1. The number of hydrogen-bond acceptors (Lipinski definition) is 1. The van der Waals surface area contributed by atoms with Gasteiger partial charge in [0.15, 0.2) is 0 Å². The number of nitrogens with zero attached hydrogens (tertiary/aromatic N) is 1. The van der Waals surface area contributed by atoms with E-state index in [1.807, 2.05) is 6.92 Å². The molecular weight excluding hydrogens is 204 g/mol. The smallest absolute Gasteiger partial charge is 0.127 e. The zero-order chi connectivity index (χ0) is 8.43. The number of halogens is 1. The zero-order valence-corrected chi connectivity index (χ0v) is 8.70. The van der Waals surface area contributed by atoms with Crippen molar-refractivity contribution in [2.75, 3.05) is 0 Å². The molecule has 0 aromatic carbocycles. The van der Waals surface area contributed by atoms with Crippen LogP contribution in [0.25, 0.3) is 0 Å². The molecule has 0 aliphatic heterocycles. The van der Waals surface area contributed by atoms with E-state index in [1.54, 1.807) is 0 Å². The Hall–Kier alpha value is -0.310. The van der Waals surface area contributed by atoms with E-state index in [0.29, 0.717) is 5.92 Å². The molecule has 11 heavy (non-hydrogen) atoms. The normalized spacial score (nSPS) is 11.0. The largest absolute Gasteiger partial charge is 0.345 e. The van der Waals surface area contributed by atoms with E-state index in [9.17, 15) is 0 Å². The molecule has 62 valence electrons. The molecule has 0 radical (unpaired) electrons. The highest BCUT2D eigenvalue weighted by Crippen LogP contribution is 2.13. The highest BCUT2D eigenvalue weighted by atomic mass is 79.9. The van der Waals surface area contributed by atoms with Crippen molar-refractivity contribution in [3.63, 3.8) is 0 Å². The van der Waals surface area contributed by atoms with Crippen LogP contribution in [0.1, 0.15) is 25.4 Å². The topological polar surface area (TPSA) is 28.7 Å². The summed E-state index contributed by atoms with van der Waals surface area (Å²) >= 11 is 3.36. The Morgan fingerprint density at radius 2 is 2.18 bits per heavy atom. The van der Waals surface area contributed by atoms with Crippen molar-refractivity contribution in [2.24, 2.45) is 5.92 Å². The van der Waals surface area contributed by atoms with Gasteiger partial charge in [-0.1, -0.05) is 13.8 Å². The second-order valence-corrected chi connectivity index (χ2v) is 3.95. The van der Waals surface area contributed by atoms with Crippen LogP contribution < -0.4 is 0 Å². The summed E-state index contributed by atoms with van der Waals surface area (Å²) in [6.45, 7) is 6.39. The number of aromatic amines is 1. The van der Waals surface area contributed by atoms with Crippen molar-refractivity contribution in [1.82, 2.24) is 9.97 Å². The Balaban J connectivity index is 2.73. The van der Waals surface area contributed by atoms with E-state index in [-0.39, 0.29) is 0 Å². The van der Waals surface area contributed by atoms with Crippen LogP contribution in [0, 0.1) is 12.8 Å². The second kappa shape index (κ2) is 3.39.